The molecular formula is C30H27NO6. The Morgan fingerprint density at radius 1 is 1.00 bits per heavy atom. The topological polar surface area (TPSA) is 89.2 Å². The summed E-state index contributed by atoms with van der Waals surface area (Å²) in [5, 5.41) is 11.8. The van der Waals surface area contributed by atoms with E-state index in [1.807, 2.05) is 55.5 Å². The van der Waals surface area contributed by atoms with Crippen molar-refractivity contribution < 1.29 is 28.6 Å². The molecule has 1 aromatic heterocycles. The number of methoxy groups -OCH3 is 1. The molecule has 5 rings (SSSR count). The Labute approximate surface area is 214 Å². The fraction of sp³-hybridized carbons (Fsp3) is 0.200. The molecule has 0 spiro atoms. The molecule has 188 valence electrons. The average Bonchev–Trinajstić information content (AvgIpc) is 3.47. The second-order valence-corrected chi connectivity index (χ2v) is 8.72. The highest BCUT2D eigenvalue weighted by atomic mass is 16.5. The number of fused-ring (bicyclic) bond motifs is 1. The first-order valence-electron chi connectivity index (χ1n) is 12.1. The molecule has 1 unspecified atom stereocenters. The third-order valence-corrected chi connectivity index (χ3v) is 6.49. The molecular weight excluding hydrogens is 470 g/mol. The minimum Gasteiger partial charge on any atom is -0.503 e. The first-order valence-corrected chi connectivity index (χ1v) is 12.1. The van der Waals surface area contributed by atoms with E-state index < -0.39 is 23.5 Å². The van der Waals surface area contributed by atoms with E-state index in [9.17, 15) is 14.7 Å². The number of ketones is 1. The Bertz CT molecular complexity index is 1450. The number of para-hydroxylation sites is 1. The average molecular weight is 498 g/mol. The minimum absolute atomic E-state index is 0.0247. The number of nitrogens with zero attached hydrogens (tertiary/aromatic N) is 1. The monoisotopic (exact) mass is 497 g/mol. The summed E-state index contributed by atoms with van der Waals surface area (Å²) in [6.45, 7) is 2.63. The predicted octanol–water partition coefficient (Wildman–Crippen LogP) is 5.66. The number of carbonyl (C=O) groups is 2. The van der Waals surface area contributed by atoms with E-state index in [0.29, 0.717) is 42.2 Å². The zero-order chi connectivity index (χ0) is 25.9. The molecule has 0 radical (unpaired) electrons. The molecule has 1 amide bonds. The SMILES string of the molecule is CCOc1ccc(C2C(C(=O)c3cc4ccccc4o3)=C(O)C(=O)N2CCc2ccccc2)cc1OC. The van der Waals surface area contributed by atoms with E-state index >= 15 is 0 Å². The first-order chi connectivity index (χ1) is 18.0. The van der Waals surface area contributed by atoms with Crippen molar-refractivity contribution in [3.8, 4) is 11.5 Å². The van der Waals surface area contributed by atoms with Crippen molar-refractivity contribution in [2.45, 2.75) is 19.4 Å². The van der Waals surface area contributed by atoms with E-state index in [2.05, 4.69) is 0 Å². The van der Waals surface area contributed by atoms with Crippen molar-refractivity contribution >= 4 is 22.7 Å². The van der Waals surface area contributed by atoms with Crippen molar-refractivity contribution in [3.63, 3.8) is 0 Å². The standard InChI is InChI=1S/C30H27NO6/c1-3-36-23-14-13-21(18-24(23)35-2)27-26(28(32)25-17-20-11-7-8-12-22(20)37-25)29(33)30(34)31(27)16-15-19-9-5-4-6-10-19/h4-14,17-18,27,33H,3,15-16H2,1-2H3. The van der Waals surface area contributed by atoms with Crippen LogP contribution in [0.15, 0.2) is 94.6 Å². The van der Waals surface area contributed by atoms with Crippen LogP contribution in [0, 0.1) is 0 Å². The Balaban J connectivity index is 1.57. The quantitative estimate of drug-likeness (QED) is 0.300. The minimum atomic E-state index is -0.832. The van der Waals surface area contributed by atoms with Crippen LogP contribution in [0.25, 0.3) is 11.0 Å². The number of aliphatic hydroxyl groups is 1. The Hall–Kier alpha value is -4.52. The number of aliphatic hydroxyl groups excluding tert-OH is 1. The van der Waals surface area contributed by atoms with E-state index in [1.54, 1.807) is 30.3 Å². The molecule has 0 bridgehead atoms. The van der Waals surface area contributed by atoms with Crippen molar-refractivity contribution in [1.29, 1.82) is 0 Å². The van der Waals surface area contributed by atoms with Gasteiger partial charge in [-0.25, -0.2) is 0 Å². The summed E-state index contributed by atoms with van der Waals surface area (Å²) in [7, 11) is 1.53. The van der Waals surface area contributed by atoms with Crippen molar-refractivity contribution in [1.82, 2.24) is 4.90 Å². The van der Waals surface area contributed by atoms with E-state index in [4.69, 9.17) is 13.9 Å². The van der Waals surface area contributed by atoms with Gasteiger partial charge in [-0.3, -0.25) is 9.59 Å². The molecule has 0 saturated carbocycles. The van der Waals surface area contributed by atoms with E-state index in [0.717, 1.165) is 10.9 Å². The summed E-state index contributed by atoms with van der Waals surface area (Å²) in [5.74, 6) is -0.640. The fourth-order valence-electron chi connectivity index (χ4n) is 4.71. The smallest absolute Gasteiger partial charge is 0.290 e. The van der Waals surface area contributed by atoms with Crippen LogP contribution in [0.4, 0.5) is 0 Å². The van der Waals surface area contributed by atoms with Gasteiger partial charge in [0.15, 0.2) is 23.0 Å². The summed E-state index contributed by atoms with van der Waals surface area (Å²) < 4.78 is 17.0. The summed E-state index contributed by atoms with van der Waals surface area (Å²) in [4.78, 5) is 28.6. The van der Waals surface area contributed by atoms with Gasteiger partial charge in [-0.1, -0.05) is 54.6 Å². The van der Waals surface area contributed by atoms with Gasteiger partial charge in [0.25, 0.3) is 5.91 Å². The lowest BCUT2D eigenvalue weighted by Crippen LogP contribution is -2.33. The summed E-state index contributed by atoms with van der Waals surface area (Å²) in [6, 6.07) is 23.1. The molecule has 2 heterocycles. The molecule has 4 aromatic rings. The number of furan rings is 1. The maximum Gasteiger partial charge on any atom is 0.290 e. The largest absolute Gasteiger partial charge is 0.503 e. The van der Waals surface area contributed by atoms with Gasteiger partial charge in [-0.15, -0.1) is 0 Å². The number of hydrogen-bond acceptors (Lipinski definition) is 6. The van der Waals surface area contributed by atoms with Crippen LogP contribution >= 0.6 is 0 Å². The van der Waals surface area contributed by atoms with Gasteiger partial charge in [0.05, 0.1) is 25.3 Å². The molecule has 37 heavy (non-hydrogen) atoms. The third-order valence-electron chi connectivity index (χ3n) is 6.49. The lowest BCUT2D eigenvalue weighted by molar-refractivity contribution is -0.129. The molecule has 7 nitrogen and oxygen atoms in total. The molecule has 1 aliphatic rings. The molecule has 3 aromatic carbocycles. The molecule has 0 saturated heterocycles. The van der Waals surface area contributed by atoms with E-state index in [-0.39, 0.29) is 11.3 Å². The Morgan fingerprint density at radius 3 is 2.49 bits per heavy atom. The molecule has 7 heteroatoms. The molecule has 1 atom stereocenters. The second-order valence-electron chi connectivity index (χ2n) is 8.72. The van der Waals surface area contributed by atoms with Crippen molar-refractivity contribution in [2.24, 2.45) is 0 Å². The number of carbonyl (C=O) groups excluding carboxylic acids is 2. The third kappa shape index (κ3) is 4.56. The van der Waals surface area contributed by atoms with Gasteiger partial charge in [0, 0.05) is 11.9 Å². The maximum absolute atomic E-state index is 13.8. The van der Waals surface area contributed by atoms with Crippen LogP contribution in [0.5, 0.6) is 11.5 Å². The Kier molecular flexibility index (Phi) is 6.68. The molecule has 0 fully saturated rings. The van der Waals surface area contributed by atoms with Gasteiger partial charge < -0.3 is 23.9 Å². The summed E-state index contributed by atoms with van der Waals surface area (Å²) >= 11 is 0. The van der Waals surface area contributed by atoms with Gasteiger partial charge in [-0.05, 0) is 48.7 Å². The van der Waals surface area contributed by atoms with Crippen LogP contribution in [-0.2, 0) is 11.2 Å². The molecule has 1 aliphatic heterocycles. The maximum atomic E-state index is 13.8. The summed E-state index contributed by atoms with van der Waals surface area (Å²) in [6.07, 6.45) is 0.552. The predicted molar refractivity (Wildman–Crippen MR) is 139 cm³/mol. The number of ether oxygens (including phenoxy) is 2. The highest BCUT2D eigenvalue weighted by Gasteiger charge is 2.44. The number of hydrogen-bond donors (Lipinski definition) is 1. The van der Waals surface area contributed by atoms with Gasteiger partial charge in [0.2, 0.25) is 5.78 Å². The van der Waals surface area contributed by atoms with Crippen LogP contribution in [0.2, 0.25) is 0 Å². The molecule has 0 aliphatic carbocycles. The van der Waals surface area contributed by atoms with Crippen LogP contribution in [-0.4, -0.2) is 42.0 Å². The highest BCUT2D eigenvalue weighted by molar-refractivity contribution is 6.16. The van der Waals surface area contributed by atoms with Gasteiger partial charge >= 0.3 is 0 Å². The molecule has 1 N–H and O–H groups in total. The Morgan fingerprint density at radius 2 is 1.76 bits per heavy atom. The van der Waals surface area contributed by atoms with Crippen molar-refractivity contribution in [3.05, 3.63) is 107 Å². The van der Waals surface area contributed by atoms with Gasteiger partial charge in [-0.2, -0.15) is 0 Å². The normalized spacial score (nSPS) is 15.5. The zero-order valence-electron chi connectivity index (χ0n) is 20.6. The zero-order valence-corrected chi connectivity index (χ0v) is 20.6. The van der Waals surface area contributed by atoms with Crippen LogP contribution in [0.1, 0.15) is 34.6 Å². The second kappa shape index (κ2) is 10.2. The number of benzene rings is 3. The first kappa shape index (κ1) is 24.2. The van der Waals surface area contributed by atoms with E-state index in [1.165, 1.54) is 12.0 Å². The fourth-order valence-corrected chi connectivity index (χ4v) is 4.71. The number of rotatable bonds is 9. The highest BCUT2D eigenvalue weighted by Crippen LogP contribution is 2.42. The number of amides is 1. The van der Waals surface area contributed by atoms with Gasteiger partial charge in [0.1, 0.15) is 5.58 Å². The lowest BCUT2D eigenvalue weighted by atomic mass is 9.94. The summed E-state index contributed by atoms with van der Waals surface area (Å²) in [5.41, 5.74) is 2.18. The number of Topliss-reactive ketones (excluding diaryl/α,β-unsaturated/α-hetero) is 1. The van der Waals surface area contributed by atoms with Crippen molar-refractivity contribution in [2.75, 3.05) is 20.3 Å². The van der Waals surface area contributed by atoms with Crippen LogP contribution < -0.4 is 9.47 Å². The lowest BCUT2D eigenvalue weighted by Gasteiger charge is -2.27. The van der Waals surface area contributed by atoms with Crippen LogP contribution in [0.3, 0.4) is 0 Å².